The number of morpholine rings is 1. The van der Waals surface area contributed by atoms with Crippen LogP contribution in [0, 0.1) is 0 Å². The number of hydrogen-bond donors (Lipinski definition) is 2. The van der Waals surface area contributed by atoms with Crippen LogP contribution in [0.25, 0.3) is 11.3 Å². The summed E-state index contributed by atoms with van der Waals surface area (Å²) >= 11 is 0. The molecular formula is C26H25N5O2. The van der Waals surface area contributed by atoms with Gasteiger partial charge in [-0.15, -0.1) is 0 Å². The van der Waals surface area contributed by atoms with Gasteiger partial charge in [0.15, 0.2) is 0 Å². The molecule has 2 heterocycles. The van der Waals surface area contributed by atoms with Crippen LogP contribution in [0.2, 0.25) is 0 Å². The van der Waals surface area contributed by atoms with Crippen LogP contribution < -0.4 is 20.7 Å². The smallest absolute Gasteiger partial charge is 0.227 e. The molecule has 1 aromatic heterocycles. The van der Waals surface area contributed by atoms with Crippen molar-refractivity contribution >= 4 is 23.0 Å². The Bertz CT molecular complexity index is 1210. The Morgan fingerprint density at radius 3 is 2.45 bits per heavy atom. The van der Waals surface area contributed by atoms with Gasteiger partial charge in [-0.2, -0.15) is 0 Å². The van der Waals surface area contributed by atoms with E-state index in [1.54, 1.807) is 6.20 Å². The van der Waals surface area contributed by atoms with Crippen LogP contribution in [0.3, 0.4) is 0 Å². The lowest BCUT2D eigenvalue weighted by Gasteiger charge is -2.28. The van der Waals surface area contributed by atoms with Crippen LogP contribution in [0.1, 0.15) is 0 Å². The van der Waals surface area contributed by atoms with E-state index in [1.165, 1.54) is 5.69 Å². The van der Waals surface area contributed by atoms with Gasteiger partial charge in [0, 0.05) is 36.2 Å². The average molecular weight is 440 g/mol. The molecule has 4 aromatic rings. The summed E-state index contributed by atoms with van der Waals surface area (Å²) in [6.07, 6.45) is 1.73. The summed E-state index contributed by atoms with van der Waals surface area (Å²) in [6.45, 7) is 3.36. The number of rotatable bonds is 6. The molecule has 1 fully saturated rings. The zero-order chi connectivity index (χ0) is 22.5. The largest absolute Gasteiger partial charge is 0.455 e. The second kappa shape index (κ2) is 9.58. The molecule has 1 aliphatic heterocycles. The van der Waals surface area contributed by atoms with Gasteiger partial charge in [0.2, 0.25) is 5.95 Å². The molecule has 0 saturated carbocycles. The van der Waals surface area contributed by atoms with Crippen molar-refractivity contribution in [2.45, 2.75) is 0 Å². The minimum absolute atomic E-state index is 0.523. The molecule has 7 heteroatoms. The molecule has 0 unspecified atom stereocenters. The van der Waals surface area contributed by atoms with Gasteiger partial charge in [0.05, 0.1) is 24.6 Å². The van der Waals surface area contributed by atoms with Crippen LogP contribution in [0.15, 0.2) is 85.1 Å². The number of ether oxygens (including phenoxy) is 2. The number of nitrogens with zero attached hydrogens (tertiary/aromatic N) is 3. The monoisotopic (exact) mass is 439 g/mol. The number of hydrogen-bond acceptors (Lipinski definition) is 7. The summed E-state index contributed by atoms with van der Waals surface area (Å²) in [4.78, 5) is 11.3. The number of para-hydroxylation sites is 1. The molecule has 5 rings (SSSR count). The predicted octanol–water partition coefficient (Wildman–Crippen LogP) is 5.10. The molecule has 7 nitrogen and oxygen atoms in total. The van der Waals surface area contributed by atoms with E-state index >= 15 is 0 Å². The quantitative estimate of drug-likeness (QED) is 0.404. The van der Waals surface area contributed by atoms with Gasteiger partial charge in [-0.25, -0.2) is 9.97 Å². The highest BCUT2D eigenvalue weighted by Crippen LogP contribution is 2.31. The van der Waals surface area contributed by atoms with E-state index in [-0.39, 0.29) is 0 Å². The van der Waals surface area contributed by atoms with Crippen molar-refractivity contribution in [3.8, 4) is 22.8 Å². The second-order valence-corrected chi connectivity index (χ2v) is 7.70. The summed E-state index contributed by atoms with van der Waals surface area (Å²) < 4.78 is 11.3. The summed E-state index contributed by atoms with van der Waals surface area (Å²) in [5.74, 6) is 1.87. The molecule has 0 atom stereocenters. The van der Waals surface area contributed by atoms with Crippen molar-refractivity contribution in [1.82, 2.24) is 9.97 Å². The van der Waals surface area contributed by atoms with Gasteiger partial charge < -0.3 is 25.4 Å². The third-order valence-corrected chi connectivity index (χ3v) is 5.43. The molecule has 3 aromatic carbocycles. The van der Waals surface area contributed by atoms with Crippen molar-refractivity contribution in [3.63, 3.8) is 0 Å². The maximum atomic E-state index is 6.25. The Hall–Kier alpha value is -4.10. The summed E-state index contributed by atoms with van der Waals surface area (Å²) in [6, 6.07) is 25.4. The molecule has 33 heavy (non-hydrogen) atoms. The molecule has 0 radical (unpaired) electrons. The lowest BCUT2D eigenvalue weighted by atomic mass is 10.1. The van der Waals surface area contributed by atoms with E-state index < -0.39 is 0 Å². The third kappa shape index (κ3) is 5.05. The van der Waals surface area contributed by atoms with Crippen LogP contribution in [0.4, 0.5) is 23.0 Å². The van der Waals surface area contributed by atoms with Crippen molar-refractivity contribution in [2.24, 2.45) is 0 Å². The third-order valence-electron chi connectivity index (χ3n) is 5.43. The minimum Gasteiger partial charge on any atom is -0.455 e. The van der Waals surface area contributed by atoms with Crippen LogP contribution in [-0.2, 0) is 4.74 Å². The Morgan fingerprint density at radius 2 is 1.70 bits per heavy atom. The van der Waals surface area contributed by atoms with Gasteiger partial charge in [0.1, 0.15) is 11.5 Å². The standard InChI is InChI=1S/C26H25N5O2/c27-23-18-19(6-11-25(23)33-22-4-2-1-3-5-22)24-12-13-28-26(30-24)29-20-7-9-21(10-8-20)31-14-16-32-17-15-31/h1-13,18H,14-17,27H2,(H,28,29,30). The van der Waals surface area contributed by atoms with Crippen LogP contribution in [-0.4, -0.2) is 36.3 Å². The Balaban J connectivity index is 1.29. The zero-order valence-electron chi connectivity index (χ0n) is 18.1. The number of nitrogen functional groups attached to an aromatic ring is 1. The minimum atomic E-state index is 0.523. The lowest BCUT2D eigenvalue weighted by Crippen LogP contribution is -2.36. The number of nitrogens with two attached hydrogens (primary N) is 1. The van der Waals surface area contributed by atoms with Gasteiger partial charge in [0.25, 0.3) is 0 Å². The lowest BCUT2D eigenvalue weighted by molar-refractivity contribution is 0.122. The predicted molar refractivity (Wildman–Crippen MR) is 131 cm³/mol. The molecule has 1 aliphatic rings. The van der Waals surface area contributed by atoms with E-state index in [9.17, 15) is 0 Å². The maximum absolute atomic E-state index is 6.25. The van der Waals surface area contributed by atoms with E-state index in [4.69, 9.17) is 15.2 Å². The Morgan fingerprint density at radius 1 is 0.909 bits per heavy atom. The first kappa shape index (κ1) is 20.8. The van der Waals surface area contributed by atoms with Gasteiger partial charge in [-0.05, 0) is 60.7 Å². The summed E-state index contributed by atoms with van der Waals surface area (Å²) in [7, 11) is 0. The number of benzene rings is 3. The highest BCUT2D eigenvalue weighted by molar-refractivity contribution is 5.70. The second-order valence-electron chi connectivity index (χ2n) is 7.70. The number of anilines is 4. The average Bonchev–Trinajstić information content (AvgIpc) is 2.87. The van der Waals surface area contributed by atoms with E-state index in [0.29, 0.717) is 17.4 Å². The summed E-state index contributed by atoms with van der Waals surface area (Å²) in [5.41, 5.74) is 10.6. The van der Waals surface area contributed by atoms with Crippen molar-refractivity contribution in [3.05, 3.63) is 85.1 Å². The summed E-state index contributed by atoms with van der Waals surface area (Å²) in [5, 5.41) is 3.28. The molecule has 1 saturated heterocycles. The molecule has 0 spiro atoms. The van der Waals surface area contributed by atoms with E-state index in [0.717, 1.165) is 49.0 Å². The zero-order valence-corrected chi connectivity index (χ0v) is 18.1. The van der Waals surface area contributed by atoms with Crippen LogP contribution >= 0.6 is 0 Å². The first-order chi connectivity index (χ1) is 16.2. The first-order valence-electron chi connectivity index (χ1n) is 10.9. The maximum Gasteiger partial charge on any atom is 0.227 e. The first-order valence-corrected chi connectivity index (χ1v) is 10.9. The van der Waals surface area contributed by atoms with Crippen molar-refractivity contribution < 1.29 is 9.47 Å². The highest BCUT2D eigenvalue weighted by atomic mass is 16.5. The van der Waals surface area contributed by atoms with Gasteiger partial charge >= 0.3 is 0 Å². The molecule has 0 bridgehead atoms. The molecule has 3 N–H and O–H groups in total. The van der Waals surface area contributed by atoms with Gasteiger partial charge in [-0.1, -0.05) is 18.2 Å². The highest BCUT2D eigenvalue weighted by Gasteiger charge is 2.11. The number of nitrogens with one attached hydrogen (secondary N) is 1. The Kier molecular flexibility index (Phi) is 6.04. The fraction of sp³-hybridized carbons (Fsp3) is 0.154. The number of aromatic nitrogens is 2. The molecule has 166 valence electrons. The normalized spacial score (nSPS) is 13.5. The van der Waals surface area contributed by atoms with Crippen molar-refractivity contribution in [2.75, 3.05) is 42.3 Å². The van der Waals surface area contributed by atoms with Gasteiger partial charge in [-0.3, -0.25) is 0 Å². The fourth-order valence-electron chi connectivity index (χ4n) is 3.70. The molecular weight excluding hydrogens is 414 g/mol. The fourth-order valence-corrected chi connectivity index (χ4v) is 3.70. The SMILES string of the molecule is Nc1cc(-c2ccnc(Nc3ccc(N4CCOCC4)cc3)n2)ccc1Oc1ccccc1. The van der Waals surface area contributed by atoms with E-state index in [2.05, 4.69) is 32.3 Å². The van der Waals surface area contributed by atoms with Crippen molar-refractivity contribution in [1.29, 1.82) is 0 Å². The van der Waals surface area contributed by atoms with E-state index in [1.807, 2.05) is 66.7 Å². The molecule has 0 aliphatic carbocycles. The van der Waals surface area contributed by atoms with Crippen LogP contribution in [0.5, 0.6) is 11.5 Å². The molecule has 0 amide bonds. The Labute approximate surface area is 192 Å². The topological polar surface area (TPSA) is 85.5 Å².